The largest absolute Gasteiger partial charge is 0.456 e. The molecule has 0 aliphatic heterocycles. The van der Waals surface area contributed by atoms with Crippen molar-refractivity contribution in [2.45, 2.75) is 46.0 Å². The number of nitrogens with zero attached hydrogens (tertiary/aromatic N) is 1. The third-order valence-corrected chi connectivity index (χ3v) is 11.3. The minimum absolute atomic E-state index is 0.146. The maximum Gasteiger partial charge on any atom is 0.135 e. The van der Waals surface area contributed by atoms with E-state index in [1.165, 1.54) is 66.1 Å². The van der Waals surface area contributed by atoms with Crippen molar-refractivity contribution >= 4 is 60.5 Å². The molecule has 0 atom stereocenters. The van der Waals surface area contributed by atoms with Crippen molar-refractivity contribution in [3.63, 3.8) is 0 Å². The monoisotopic (exact) mass is 683 g/mol. The summed E-state index contributed by atoms with van der Waals surface area (Å²) in [5, 5.41) is 7.30. The second-order valence-corrected chi connectivity index (χ2v) is 16.1. The average Bonchev–Trinajstić information content (AvgIpc) is 3.54. The van der Waals surface area contributed by atoms with E-state index in [4.69, 9.17) is 4.42 Å². The van der Waals surface area contributed by atoms with Crippen molar-refractivity contribution in [2.24, 2.45) is 0 Å². The van der Waals surface area contributed by atoms with Crippen LogP contribution in [-0.2, 0) is 5.41 Å². The Morgan fingerprint density at radius 1 is 0.453 bits per heavy atom. The summed E-state index contributed by atoms with van der Waals surface area (Å²) in [5.74, 6) is 0.426. The molecular weight excluding hydrogens is 643 g/mol. The van der Waals surface area contributed by atoms with Crippen LogP contribution in [0.4, 0.5) is 17.1 Å². The second kappa shape index (κ2) is 11.7. The number of hydrogen-bond donors (Lipinski definition) is 0. The van der Waals surface area contributed by atoms with Gasteiger partial charge < -0.3 is 9.32 Å². The van der Waals surface area contributed by atoms with Gasteiger partial charge in [0, 0.05) is 27.8 Å². The maximum absolute atomic E-state index is 6.21. The topological polar surface area (TPSA) is 16.4 Å². The predicted octanol–water partition coefficient (Wildman–Crippen LogP) is 15.1. The van der Waals surface area contributed by atoms with Gasteiger partial charge >= 0.3 is 0 Å². The van der Waals surface area contributed by atoms with Crippen LogP contribution in [0.3, 0.4) is 0 Å². The van der Waals surface area contributed by atoms with Crippen molar-refractivity contribution in [2.75, 3.05) is 4.90 Å². The number of benzene rings is 8. The van der Waals surface area contributed by atoms with Gasteiger partial charge in [-0.2, -0.15) is 0 Å². The standard InChI is InChI=1S/C51H41NO/c1-31(2)33-9-8-10-40(24-33)52(42-21-22-50-48(30-42)43-11-6-7-12-49(43)53-50)41-20-17-36-27-45-46-28-37-23-34(32-15-18-39(19-16-32)51(3,4)5)13-14-35(37)26-44(46)47(45)29-38(36)25-41/h6-31H,1-5H3. The average molecular weight is 684 g/mol. The molecule has 53 heavy (non-hydrogen) atoms. The van der Waals surface area contributed by atoms with Gasteiger partial charge in [0.25, 0.3) is 0 Å². The highest BCUT2D eigenvalue weighted by atomic mass is 16.3. The molecule has 1 heterocycles. The molecule has 256 valence electrons. The van der Waals surface area contributed by atoms with Crippen LogP contribution in [0.1, 0.15) is 51.7 Å². The molecule has 0 unspecified atom stereocenters. The molecule has 0 spiro atoms. The molecule has 0 amide bonds. The van der Waals surface area contributed by atoms with Crippen molar-refractivity contribution in [3.05, 3.63) is 163 Å². The van der Waals surface area contributed by atoms with E-state index in [2.05, 4.69) is 179 Å². The summed E-state index contributed by atoms with van der Waals surface area (Å²) >= 11 is 0. The van der Waals surface area contributed by atoms with Crippen molar-refractivity contribution in [1.29, 1.82) is 0 Å². The van der Waals surface area contributed by atoms with Gasteiger partial charge in [-0.3, -0.25) is 0 Å². The Hall–Kier alpha value is -6.12. The van der Waals surface area contributed by atoms with Crippen LogP contribution < -0.4 is 4.90 Å². The van der Waals surface area contributed by atoms with Crippen molar-refractivity contribution in [1.82, 2.24) is 0 Å². The third kappa shape index (κ3) is 5.24. The third-order valence-electron chi connectivity index (χ3n) is 11.3. The zero-order valence-electron chi connectivity index (χ0n) is 30.9. The summed E-state index contributed by atoms with van der Waals surface area (Å²) in [6, 6.07) is 56.2. The first-order valence-corrected chi connectivity index (χ1v) is 18.8. The molecule has 8 aromatic carbocycles. The molecule has 2 nitrogen and oxygen atoms in total. The van der Waals surface area contributed by atoms with Gasteiger partial charge in [-0.15, -0.1) is 0 Å². The van der Waals surface area contributed by atoms with E-state index in [9.17, 15) is 0 Å². The van der Waals surface area contributed by atoms with Gasteiger partial charge in [-0.1, -0.05) is 107 Å². The van der Waals surface area contributed by atoms with Crippen LogP contribution in [-0.4, -0.2) is 0 Å². The molecule has 0 saturated carbocycles. The molecule has 2 heteroatoms. The Balaban J connectivity index is 1.05. The first kappa shape index (κ1) is 31.6. The normalized spacial score (nSPS) is 12.4. The lowest BCUT2D eigenvalue weighted by Crippen LogP contribution is -2.10. The van der Waals surface area contributed by atoms with Crippen LogP contribution in [0.2, 0.25) is 0 Å². The first-order chi connectivity index (χ1) is 25.7. The van der Waals surface area contributed by atoms with Gasteiger partial charge in [0.05, 0.1) is 0 Å². The smallest absolute Gasteiger partial charge is 0.135 e. The quantitative estimate of drug-likeness (QED) is 0.180. The molecule has 0 radical (unpaired) electrons. The van der Waals surface area contributed by atoms with Crippen molar-refractivity contribution in [3.8, 4) is 33.4 Å². The zero-order valence-corrected chi connectivity index (χ0v) is 30.9. The highest BCUT2D eigenvalue weighted by Gasteiger charge is 2.25. The molecule has 0 fully saturated rings. The van der Waals surface area contributed by atoms with Gasteiger partial charge in [-0.05, 0) is 156 Å². The molecular formula is C51H41NO. The van der Waals surface area contributed by atoms with Crippen LogP contribution >= 0.6 is 0 Å². The Kier molecular flexibility index (Phi) is 6.98. The maximum atomic E-state index is 6.21. The van der Waals surface area contributed by atoms with Gasteiger partial charge in [0.1, 0.15) is 11.2 Å². The van der Waals surface area contributed by atoms with E-state index in [1.807, 2.05) is 12.1 Å². The fraction of sp³-hybridized carbons (Fsp3) is 0.137. The van der Waals surface area contributed by atoms with E-state index in [0.29, 0.717) is 5.92 Å². The van der Waals surface area contributed by atoms with E-state index >= 15 is 0 Å². The fourth-order valence-corrected chi connectivity index (χ4v) is 8.22. The second-order valence-electron chi connectivity index (χ2n) is 16.1. The summed E-state index contributed by atoms with van der Waals surface area (Å²) in [4.78, 5) is 2.39. The minimum Gasteiger partial charge on any atom is -0.456 e. The van der Waals surface area contributed by atoms with Gasteiger partial charge in [0.2, 0.25) is 0 Å². The Morgan fingerprint density at radius 3 is 1.75 bits per heavy atom. The van der Waals surface area contributed by atoms with Crippen LogP contribution in [0, 0.1) is 0 Å². The Bertz CT molecular complexity index is 2900. The summed E-state index contributed by atoms with van der Waals surface area (Å²) in [6.07, 6.45) is 0. The highest BCUT2D eigenvalue weighted by molar-refractivity contribution is 6.13. The highest BCUT2D eigenvalue weighted by Crippen LogP contribution is 2.51. The molecule has 0 N–H and O–H groups in total. The van der Waals surface area contributed by atoms with E-state index in [1.54, 1.807) is 0 Å². The molecule has 1 aromatic heterocycles. The van der Waals surface area contributed by atoms with Crippen LogP contribution in [0.15, 0.2) is 156 Å². The molecule has 9 aromatic rings. The van der Waals surface area contributed by atoms with Crippen molar-refractivity contribution < 1.29 is 4.42 Å². The Morgan fingerprint density at radius 2 is 1.04 bits per heavy atom. The fourth-order valence-electron chi connectivity index (χ4n) is 8.22. The van der Waals surface area contributed by atoms with Crippen LogP contribution in [0.25, 0.3) is 76.9 Å². The first-order valence-electron chi connectivity index (χ1n) is 18.8. The molecule has 10 rings (SSSR count). The number of fused-ring (bicyclic) bond motifs is 9. The lowest BCUT2D eigenvalue weighted by Gasteiger charge is -2.28. The summed E-state index contributed by atoms with van der Waals surface area (Å²) in [5.41, 5.74) is 15.9. The molecule has 0 saturated heterocycles. The number of furan rings is 1. The van der Waals surface area contributed by atoms with E-state index in [0.717, 1.165) is 39.0 Å². The number of anilines is 3. The summed E-state index contributed by atoms with van der Waals surface area (Å²) < 4.78 is 6.21. The van der Waals surface area contributed by atoms with Gasteiger partial charge in [0.15, 0.2) is 0 Å². The minimum atomic E-state index is 0.146. The molecule has 1 aliphatic carbocycles. The lowest BCUT2D eigenvalue weighted by molar-refractivity contribution is 0.590. The molecule has 1 aliphatic rings. The predicted molar refractivity (Wildman–Crippen MR) is 226 cm³/mol. The molecule has 0 bridgehead atoms. The lowest BCUT2D eigenvalue weighted by atomic mass is 9.77. The number of rotatable bonds is 5. The zero-order chi connectivity index (χ0) is 36.0. The number of hydrogen-bond acceptors (Lipinski definition) is 2. The summed E-state index contributed by atoms with van der Waals surface area (Å²) in [6.45, 7) is 11.3. The number of para-hydroxylation sites is 1. The summed E-state index contributed by atoms with van der Waals surface area (Å²) in [7, 11) is 0. The van der Waals surface area contributed by atoms with Gasteiger partial charge in [-0.25, -0.2) is 0 Å². The van der Waals surface area contributed by atoms with E-state index in [-0.39, 0.29) is 5.41 Å². The Labute approximate surface area is 310 Å². The SMILES string of the molecule is CC(C)c1cccc(N(c2ccc3cc4c(cc3c2)-c2cc3ccc(-c5ccc(C(C)(C)C)cc5)cc3cc2-4)c2ccc3oc4ccccc4c3c2)c1. The van der Waals surface area contributed by atoms with E-state index < -0.39 is 0 Å². The van der Waals surface area contributed by atoms with Crippen LogP contribution in [0.5, 0.6) is 0 Å².